The van der Waals surface area contributed by atoms with Crippen LogP contribution in [0.25, 0.3) is 11.4 Å². The van der Waals surface area contributed by atoms with Gasteiger partial charge < -0.3 is 10.8 Å². The van der Waals surface area contributed by atoms with E-state index in [0.29, 0.717) is 17.1 Å². The molecule has 0 unspecified atom stereocenters. The van der Waals surface area contributed by atoms with Crippen molar-refractivity contribution in [1.29, 1.82) is 0 Å². The molecule has 0 fully saturated rings. The number of nitrogens with one attached hydrogen (secondary N) is 1. The van der Waals surface area contributed by atoms with Gasteiger partial charge in [0.05, 0.1) is 11.3 Å². The number of aromatic amines is 1. The predicted octanol–water partition coefficient (Wildman–Crippen LogP) is 1.71. The van der Waals surface area contributed by atoms with Gasteiger partial charge in [0, 0.05) is 6.42 Å². The normalized spacial score (nSPS) is 10.6. The molecule has 0 saturated carbocycles. The van der Waals surface area contributed by atoms with E-state index in [9.17, 15) is 5.11 Å². The number of phenols is 1. The number of phenolic OH excluding ortho intramolecular Hbond substituents is 1. The van der Waals surface area contributed by atoms with E-state index in [1.807, 2.05) is 0 Å². The van der Waals surface area contributed by atoms with E-state index in [4.69, 9.17) is 5.73 Å². The van der Waals surface area contributed by atoms with Gasteiger partial charge in [-0.2, -0.15) is 5.10 Å². The largest absolute Gasteiger partial charge is 0.505 e. The van der Waals surface area contributed by atoms with Gasteiger partial charge in [-0.25, -0.2) is 4.98 Å². The molecule has 0 aliphatic carbocycles. The van der Waals surface area contributed by atoms with Gasteiger partial charge >= 0.3 is 0 Å². The molecular formula is C11H14N4O. The molecule has 1 aromatic carbocycles. The first-order chi connectivity index (χ1) is 7.72. The number of nitrogens with zero attached hydrogens (tertiary/aromatic N) is 2. The number of aromatic hydroxyl groups is 1. The molecule has 1 aromatic heterocycles. The summed E-state index contributed by atoms with van der Waals surface area (Å²) in [6, 6.07) is 5.14. The lowest BCUT2D eigenvalue weighted by Crippen LogP contribution is -1.89. The lowest BCUT2D eigenvalue weighted by Gasteiger charge is -2.02. The molecule has 4 N–H and O–H groups in total. The molecule has 0 atom stereocenters. The maximum absolute atomic E-state index is 9.77. The predicted molar refractivity (Wildman–Crippen MR) is 61.9 cm³/mol. The monoisotopic (exact) mass is 218 g/mol. The SMILES string of the molecule is CCCc1nc(-c2cccc(N)c2O)n[nH]1. The summed E-state index contributed by atoms with van der Waals surface area (Å²) >= 11 is 0. The van der Waals surface area contributed by atoms with Gasteiger partial charge in [0.1, 0.15) is 11.6 Å². The van der Waals surface area contributed by atoms with E-state index in [-0.39, 0.29) is 5.75 Å². The van der Waals surface area contributed by atoms with Crippen LogP contribution in [0.1, 0.15) is 19.2 Å². The van der Waals surface area contributed by atoms with Gasteiger partial charge in [-0.15, -0.1) is 0 Å². The summed E-state index contributed by atoms with van der Waals surface area (Å²) < 4.78 is 0. The second kappa shape index (κ2) is 4.22. The molecule has 0 amide bonds. The van der Waals surface area contributed by atoms with Gasteiger partial charge in [0.25, 0.3) is 0 Å². The van der Waals surface area contributed by atoms with Gasteiger partial charge in [-0.05, 0) is 18.6 Å². The van der Waals surface area contributed by atoms with Crippen LogP contribution >= 0.6 is 0 Å². The standard InChI is InChI=1S/C11H14N4O/c1-2-4-9-13-11(15-14-9)7-5-3-6-8(12)10(7)16/h3,5-6,16H,2,4,12H2,1H3,(H,13,14,15). The average Bonchev–Trinajstić information content (AvgIpc) is 2.71. The van der Waals surface area contributed by atoms with Crippen molar-refractivity contribution in [3.8, 4) is 17.1 Å². The third kappa shape index (κ3) is 1.84. The maximum atomic E-state index is 9.77. The summed E-state index contributed by atoms with van der Waals surface area (Å²) in [4.78, 5) is 4.29. The minimum absolute atomic E-state index is 0.0320. The van der Waals surface area contributed by atoms with Crippen molar-refractivity contribution >= 4 is 5.69 Å². The Kier molecular flexibility index (Phi) is 2.76. The number of aryl methyl sites for hydroxylation is 1. The van der Waals surface area contributed by atoms with Crippen molar-refractivity contribution in [2.24, 2.45) is 0 Å². The highest BCUT2D eigenvalue weighted by Gasteiger charge is 2.11. The van der Waals surface area contributed by atoms with Crippen LogP contribution in [0, 0.1) is 0 Å². The Labute approximate surface area is 93.3 Å². The fraction of sp³-hybridized carbons (Fsp3) is 0.273. The van der Waals surface area contributed by atoms with Crippen LogP contribution in [0.15, 0.2) is 18.2 Å². The summed E-state index contributed by atoms with van der Waals surface area (Å²) in [5, 5.41) is 16.7. The smallest absolute Gasteiger partial charge is 0.184 e. The summed E-state index contributed by atoms with van der Waals surface area (Å²) in [5.41, 5.74) is 6.49. The third-order valence-electron chi connectivity index (χ3n) is 2.33. The van der Waals surface area contributed by atoms with E-state index in [0.717, 1.165) is 18.7 Å². The molecule has 84 valence electrons. The Morgan fingerprint density at radius 2 is 2.25 bits per heavy atom. The van der Waals surface area contributed by atoms with E-state index in [1.54, 1.807) is 18.2 Å². The number of nitrogens with two attached hydrogens (primary N) is 1. The molecule has 16 heavy (non-hydrogen) atoms. The molecule has 0 spiro atoms. The number of para-hydroxylation sites is 1. The van der Waals surface area contributed by atoms with Crippen molar-refractivity contribution in [3.05, 3.63) is 24.0 Å². The van der Waals surface area contributed by atoms with Crippen LogP contribution in [0.5, 0.6) is 5.75 Å². The minimum atomic E-state index is 0.0320. The molecule has 5 nitrogen and oxygen atoms in total. The van der Waals surface area contributed by atoms with Crippen LogP contribution in [-0.2, 0) is 6.42 Å². The first kappa shape index (κ1) is 10.5. The first-order valence-electron chi connectivity index (χ1n) is 5.21. The van der Waals surface area contributed by atoms with Crippen LogP contribution in [0.4, 0.5) is 5.69 Å². The quantitative estimate of drug-likeness (QED) is 0.540. The Hall–Kier alpha value is -2.04. The molecule has 0 radical (unpaired) electrons. The summed E-state index contributed by atoms with van der Waals surface area (Å²) in [6.07, 6.45) is 1.84. The van der Waals surface area contributed by atoms with E-state index < -0.39 is 0 Å². The molecule has 5 heteroatoms. The molecular weight excluding hydrogens is 204 g/mol. The number of aromatic nitrogens is 3. The molecule has 2 rings (SSSR count). The van der Waals surface area contributed by atoms with E-state index in [2.05, 4.69) is 22.1 Å². The van der Waals surface area contributed by atoms with Crippen molar-refractivity contribution in [2.45, 2.75) is 19.8 Å². The molecule has 1 heterocycles. The zero-order valence-corrected chi connectivity index (χ0v) is 9.07. The number of anilines is 1. The number of hydrogen-bond donors (Lipinski definition) is 3. The minimum Gasteiger partial charge on any atom is -0.505 e. The second-order valence-electron chi connectivity index (χ2n) is 3.60. The highest BCUT2D eigenvalue weighted by molar-refractivity contribution is 5.72. The first-order valence-corrected chi connectivity index (χ1v) is 5.21. The average molecular weight is 218 g/mol. The van der Waals surface area contributed by atoms with Crippen LogP contribution < -0.4 is 5.73 Å². The summed E-state index contributed by atoms with van der Waals surface area (Å²) in [5.74, 6) is 1.33. The van der Waals surface area contributed by atoms with Crippen LogP contribution in [0.2, 0.25) is 0 Å². The summed E-state index contributed by atoms with van der Waals surface area (Å²) in [7, 11) is 0. The number of hydrogen-bond acceptors (Lipinski definition) is 4. The second-order valence-corrected chi connectivity index (χ2v) is 3.60. The Morgan fingerprint density at radius 1 is 1.44 bits per heavy atom. The lowest BCUT2D eigenvalue weighted by molar-refractivity contribution is 0.479. The van der Waals surface area contributed by atoms with Gasteiger partial charge in [-0.1, -0.05) is 13.0 Å². The molecule has 2 aromatic rings. The fourth-order valence-electron chi connectivity index (χ4n) is 1.51. The highest BCUT2D eigenvalue weighted by Crippen LogP contribution is 2.31. The maximum Gasteiger partial charge on any atom is 0.184 e. The Bertz CT molecular complexity index is 492. The highest BCUT2D eigenvalue weighted by atomic mass is 16.3. The molecule has 0 aliphatic heterocycles. The number of rotatable bonds is 3. The van der Waals surface area contributed by atoms with Gasteiger partial charge in [0.15, 0.2) is 5.82 Å². The number of nitrogen functional groups attached to an aromatic ring is 1. The van der Waals surface area contributed by atoms with Crippen LogP contribution in [0.3, 0.4) is 0 Å². The number of benzene rings is 1. The van der Waals surface area contributed by atoms with Crippen molar-refractivity contribution < 1.29 is 5.11 Å². The Balaban J connectivity index is 2.39. The van der Waals surface area contributed by atoms with Gasteiger partial charge in [0.2, 0.25) is 0 Å². The molecule has 0 bridgehead atoms. The molecule has 0 saturated heterocycles. The van der Waals surface area contributed by atoms with Crippen molar-refractivity contribution in [3.63, 3.8) is 0 Å². The summed E-state index contributed by atoms with van der Waals surface area (Å²) in [6.45, 7) is 2.07. The fourth-order valence-corrected chi connectivity index (χ4v) is 1.51. The zero-order valence-electron chi connectivity index (χ0n) is 9.07. The van der Waals surface area contributed by atoms with Crippen molar-refractivity contribution in [1.82, 2.24) is 15.2 Å². The topological polar surface area (TPSA) is 87.8 Å². The van der Waals surface area contributed by atoms with Crippen molar-refractivity contribution in [2.75, 3.05) is 5.73 Å². The van der Waals surface area contributed by atoms with E-state index >= 15 is 0 Å². The van der Waals surface area contributed by atoms with Crippen LogP contribution in [-0.4, -0.2) is 20.3 Å². The Morgan fingerprint density at radius 3 is 3.00 bits per heavy atom. The number of H-pyrrole nitrogens is 1. The van der Waals surface area contributed by atoms with E-state index in [1.165, 1.54) is 0 Å². The molecule has 0 aliphatic rings. The zero-order chi connectivity index (χ0) is 11.5. The lowest BCUT2D eigenvalue weighted by atomic mass is 10.1. The third-order valence-corrected chi connectivity index (χ3v) is 2.33. The van der Waals surface area contributed by atoms with Gasteiger partial charge in [-0.3, -0.25) is 5.10 Å².